The molecule has 0 unspecified atom stereocenters. The fourth-order valence-corrected chi connectivity index (χ4v) is 2.92. The molecule has 0 saturated heterocycles. The van der Waals surface area contributed by atoms with Crippen molar-refractivity contribution in [2.75, 3.05) is 20.6 Å². The summed E-state index contributed by atoms with van der Waals surface area (Å²) < 4.78 is 0. The Balaban J connectivity index is 1.98. The third-order valence-corrected chi connectivity index (χ3v) is 4.06. The quantitative estimate of drug-likeness (QED) is 0.487. The fraction of sp³-hybridized carbons (Fsp3) is 0.250. The molecule has 24 heavy (non-hydrogen) atoms. The van der Waals surface area contributed by atoms with E-state index in [0.717, 1.165) is 24.9 Å². The van der Waals surface area contributed by atoms with E-state index in [4.69, 9.17) is 23.2 Å². The van der Waals surface area contributed by atoms with E-state index < -0.39 is 0 Å². The third kappa shape index (κ3) is 6.12. The molecule has 2 aromatic carbocycles. The number of ketones is 1. The molecule has 0 amide bonds. The zero-order valence-corrected chi connectivity index (χ0v) is 15.4. The Morgan fingerprint density at radius 3 is 2.25 bits per heavy atom. The summed E-state index contributed by atoms with van der Waals surface area (Å²) in [6.45, 7) is 1.06. The molecule has 0 aliphatic heterocycles. The van der Waals surface area contributed by atoms with Gasteiger partial charge in [0.25, 0.3) is 0 Å². The second-order valence-electron chi connectivity index (χ2n) is 6.00. The van der Waals surface area contributed by atoms with Gasteiger partial charge in [-0.3, -0.25) is 4.79 Å². The first-order valence-corrected chi connectivity index (χ1v) is 8.62. The molecule has 2 nitrogen and oxygen atoms in total. The molecule has 0 N–H and O–H groups in total. The van der Waals surface area contributed by atoms with Gasteiger partial charge in [-0.1, -0.05) is 53.5 Å². The summed E-state index contributed by atoms with van der Waals surface area (Å²) in [6.07, 6.45) is 5.40. The molecule has 0 fully saturated rings. The van der Waals surface area contributed by atoms with Crippen molar-refractivity contribution in [3.63, 3.8) is 0 Å². The minimum Gasteiger partial charge on any atom is -0.309 e. The molecule has 0 bridgehead atoms. The predicted molar refractivity (Wildman–Crippen MR) is 103 cm³/mol. The molecule has 0 aromatic heterocycles. The minimum absolute atomic E-state index is 0.0362. The first kappa shape index (κ1) is 18.7. The lowest BCUT2D eigenvalue weighted by Gasteiger charge is -2.09. The van der Waals surface area contributed by atoms with Crippen LogP contribution in [0.3, 0.4) is 0 Å². The molecule has 0 aliphatic carbocycles. The molecular weight excluding hydrogens is 341 g/mol. The molecular formula is C20H21Cl2NO. The maximum absolute atomic E-state index is 12.2. The van der Waals surface area contributed by atoms with Crippen molar-refractivity contribution in [2.45, 2.75) is 12.8 Å². The van der Waals surface area contributed by atoms with E-state index in [0.29, 0.717) is 15.6 Å². The molecule has 0 radical (unpaired) electrons. The van der Waals surface area contributed by atoms with E-state index >= 15 is 0 Å². The first-order valence-electron chi connectivity index (χ1n) is 7.86. The van der Waals surface area contributed by atoms with Crippen LogP contribution in [-0.2, 0) is 6.42 Å². The Labute approximate surface area is 153 Å². The van der Waals surface area contributed by atoms with Crippen molar-refractivity contribution >= 4 is 35.1 Å². The Hall–Kier alpha value is -1.61. The SMILES string of the molecule is CN(C)CCCc1ccc(C(=O)C=Cc2cc(Cl)cc(Cl)c2)cc1. The third-order valence-electron chi connectivity index (χ3n) is 3.62. The molecule has 0 saturated carbocycles. The number of hydrogen-bond donors (Lipinski definition) is 0. The molecule has 2 rings (SSSR count). The Morgan fingerprint density at radius 1 is 1.04 bits per heavy atom. The highest BCUT2D eigenvalue weighted by Gasteiger charge is 2.03. The summed E-state index contributed by atoms with van der Waals surface area (Å²) in [5, 5.41) is 1.10. The average molecular weight is 362 g/mol. The van der Waals surface area contributed by atoms with Crippen LogP contribution in [-0.4, -0.2) is 31.3 Å². The van der Waals surface area contributed by atoms with Crippen LogP contribution in [0.25, 0.3) is 6.08 Å². The largest absolute Gasteiger partial charge is 0.309 e. The van der Waals surface area contributed by atoms with E-state index in [9.17, 15) is 4.79 Å². The van der Waals surface area contributed by atoms with Crippen molar-refractivity contribution in [1.29, 1.82) is 0 Å². The molecule has 0 spiro atoms. The number of rotatable bonds is 7. The highest BCUT2D eigenvalue weighted by Crippen LogP contribution is 2.20. The van der Waals surface area contributed by atoms with Gasteiger partial charge in [0.2, 0.25) is 0 Å². The van der Waals surface area contributed by atoms with Gasteiger partial charge in [-0.25, -0.2) is 0 Å². The number of aryl methyl sites for hydroxylation is 1. The average Bonchev–Trinajstić information content (AvgIpc) is 2.52. The highest BCUT2D eigenvalue weighted by atomic mass is 35.5. The molecule has 4 heteroatoms. The van der Waals surface area contributed by atoms with Crippen LogP contribution in [0, 0.1) is 0 Å². The number of carbonyl (C=O) groups excluding carboxylic acids is 1. The van der Waals surface area contributed by atoms with Crippen molar-refractivity contribution in [2.24, 2.45) is 0 Å². The normalized spacial score (nSPS) is 11.4. The molecule has 0 atom stereocenters. The van der Waals surface area contributed by atoms with Gasteiger partial charge in [0.15, 0.2) is 5.78 Å². The van der Waals surface area contributed by atoms with E-state index in [1.54, 1.807) is 30.4 Å². The van der Waals surface area contributed by atoms with Crippen LogP contribution in [0.5, 0.6) is 0 Å². The monoisotopic (exact) mass is 361 g/mol. The van der Waals surface area contributed by atoms with Gasteiger partial charge in [-0.15, -0.1) is 0 Å². The molecule has 0 heterocycles. The van der Waals surface area contributed by atoms with E-state index in [1.807, 2.05) is 24.3 Å². The number of halogens is 2. The van der Waals surface area contributed by atoms with Crippen LogP contribution in [0.1, 0.15) is 27.9 Å². The minimum atomic E-state index is -0.0362. The van der Waals surface area contributed by atoms with Crippen molar-refractivity contribution in [3.05, 3.63) is 75.3 Å². The summed E-state index contributed by atoms with van der Waals surface area (Å²) in [4.78, 5) is 14.4. The summed E-state index contributed by atoms with van der Waals surface area (Å²) in [5.74, 6) is -0.0362. The molecule has 0 aliphatic rings. The van der Waals surface area contributed by atoms with Gasteiger partial charge in [-0.05, 0) is 68.9 Å². The lowest BCUT2D eigenvalue weighted by atomic mass is 10.0. The van der Waals surface area contributed by atoms with Gasteiger partial charge in [-0.2, -0.15) is 0 Å². The van der Waals surface area contributed by atoms with Crippen LogP contribution in [0.2, 0.25) is 10.0 Å². The fourth-order valence-electron chi connectivity index (χ4n) is 2.37. The van der Waals surface area contributed by atoms with Gasteiger partial charge in [0.1, 0.15) is 0 Å². The van der Waals surface area contributed by atoms with Gasteiger partial charge in [0, 0.05) is 15.6 Å². The smallest absolute Gasteiger partial charge is 0.185 e. The maximum atomic E-state index is 12.2. The number of allylic oxidation sites excluding steroid dienone is 1. The van der Waals surface area contributed by atoms with E-state index in [1.165, 1.54) is 5.56 Å². The summed E-state index contributed by atoms with van der Waals surface area (Å²) >= 11 is 11.9. The predicted octanol–water partition coefficient (Wildman–Crippen LogP) is 5.38. The van der Waals surface area contributed by atoms with Crippen LogP contribution in [0.15, 0.2) is 48.5 Å². The summed E-state index contributed by atoms with van der Waals surface area (Å²) in [7, 11) is 4.14. The maximum Gasteiger partial charge on any atom is 0.185 e. The summed E-state index contributed by atoms with van der Waals surface area (Å²) in [6, 6.07) is 13.0. The standard InChI is InChI=1S/C20H21Cl2NO/c1-23(2)11-3-4-15-5-8-17(9-6-15)20(24)10-7-16-12-18(21)14-19(22)13-16/h5-10,12-14H,3-4,11H2,1-2H3. The van der Waals surface area contributed by atoms with Gasteiger partial charge < -0.3 is 4.90 Å². The van der Waals surface area contributed by atoms with Gasteiger partial charge in [0.05, 0.1) is 0 Å². The van der Waals surface area contributed by atoms with Crippen molar-refractivity contribution in [3.8, 4) is 0 Å². The lowest BCUT2D eigenvalue weighted by Crippen LogP contribution is -2.13. The second kappa shape index (κ2) is 9.03. The number of hydrogen-bond acceptors (Lipinski definition) is 2. The number of nitrogens with zero attached hydrogens (tertiary/aromatic N) is 1. The zero-order valence-electron chi connectivity index (χ0n) is 13.9. The Kier molecular flexibility index (Phi) is 7.04. The highest BCUT2D eigenvalue weighted by molar-refractivity contribution is 6.34. The van der Waals surface area contributed by atoms with Crippen LogP contribution < -0.4 is 0 Å². The Bertz CT molecular complexity index is 701. The zero-order chi connectivity index (χ0) is 17.5. The van der Waals surface area contributed by atoms with Crippen LogP contribution >= 0.6 is 23.2 Å². The van der Waals surface area contributed by atoms with E-state index in [2.05, 4.69) is 19.0 Å². The number of benzene rings is 2. The Morgan fingerprint density at radius 2 is 1.67 bits per heavy atom. The second-order valence-corrected chi connectivity index (χ2v) is 6.88. The summed E-state index contributed by atoms with van der Waals surface area (Å²) in [5.41, 5.74) is 2.73. The van der Waals surface area contributed by atoms with E-state index in [-0.39, 0.29) is 5.78 Å². The lowest BCUT2D eigenvalue weighted by molar-refractivity contribution is 0.104. The van der Waals surface area contributed by atoms with Crippen LogP contribution in [0.4, 0.5) is 0 Å². The number of carbonyl (C=O) groups is 1. The molecule has 126 valence electrons. The first-order chi connectivity index (χ1) is 11.4. The van der Waals surface area contributed by atoms with Gasteiger partial charge >= 0.3 is 0 Å². The van der Waals surface area contributed by atoms with Crippen molar-refractivity contribution in [1.82, 2.24) is 4.90 Å². The topological polar surface area (TPSA) is 20.3 Å². The van der Waals surface area contributed by atoms with Crippen molar-refractivity contribution < 1.29 is 4.79 Å². The molecule has 2 aromatic rings.